The first-order valence-corrected chi connectivity index (χ1v) is 11.1. The van der Waals surface area contributed by atoms with E-state index in [4.69, 9.17) is 4.74 Å². The number of nitrogens with zero attached hydrogens (tertiary/aromatic N) is 1. The van der Waals surface area contributed by atoms with Crippen molar-refractivity contribution in [3.63, 3.8) is 0 Å². The van der Waals surface area contributed by atoms with Crippen molar-refractivity contribution in [2.75, 3.05) is 13.2 Å². The summed E-state index contributed by atoms with van der Waals surface area (Å²) in [5.74, 6) is 0.613. The predicted octanol–water partition coefficient (Wildman–Crippen LogP) is 5.43. The van der Waals surface area contributed by atoms with Gasteiger partial charge >= 0.3 is 5.97 Å². The Bertz CT molecular complexity index is 646. The Morgan fingerprint density at radius 2 is 2.00 bits per heavy atom. The van der Waals surface area contributed by atoms with Gasteiger partial charge in [0.25, 0.3) is 0 Å². The molecular formula is C22H30BrNO2. The lowest BCUT2D eigenvalue weighted by Gasteiger charge is -2.48. The Morgan fingerprint density at radius 3 is 2.77 bits per heavy atom. The summed E-state index contributed by atoms with van der Waals surface area (Å²) in [6, 6.07) is 8.58. The lowest BCUT2D eigenvalue weighted by molar-refractivity contribution is 0.00673. The molecule has 2 heterocycles. The van der Waals surface area contributed by atoms with Gasteiger partial charge in [-0.3, -0.25) is 4.90 Å². The quantitative estimate of drug-likeness (QED) is 0.609. The molecule has 26 heavy (non-hydrogen) atoms. The Labute approximate surface area is 165 Å². The molecule has 3 fully saturated rings. The van der Waals surface area contributed by atoms with Crippen LogP contribution in [0.25, 0.3) is 0 Å². The Kier molecular flexibility index (Phi) is 5.43. The number of carbonyl (C=O) groups excluding carboxylic acids is 1. The molecule has 4 heteroatoms. The smallest absolute Gasteiger partial charge is 0.338 e. The topological polar surface area (TPSA) is 29.5 Å². The Balaban J connectivity index is 1.46. The molecule has 0 amide bonds. The van der Waals surface area contributed by atoms with Crippen LogP contribution in [0.3, 0.4) is 0 Å². The normalized spacial score (nSPS) is 34.2. The molecule has 4 rings (SSSR count). The third kappa shape index (κ3) is 3.35. The summed E-state index contributed by atoms with van der Waals surface area (Å²) in [6.07, 6.45) is 10.7. The van der Waals surface area contributed by atoms with Gasteiger partial charge in [-0.05, 0) is 80.7 Å². The molecule has 1 aromatic rings. The number of esters is 1. The predicted molar refractivity (Wildman–Crippen MR) is 107 cm³/mol. The molecule has 0 aromatic heterocycles. The van der Waals surface area contributed by atoms with Gasteiger partial charge in [-0.2, -0.15) is 0 Å². The number of hydrogen-bond acceptors (Lipinski definition) is 3. The highest BCUT2D eigenvalue weighted by atomic mass is 79.9. The molecule has 0 radical (unpaired) electrons. The van der Waals surface area contributed by atoms with Gasteiger partial charge in [0.15, 0.2) is 0 Å². The first kappa shape index (κ1) is 18.5. The molecule has 2 aliphatic heterocycles. The molecular weight excluding hydrogens is 390 g/mol. The minimum absolute atomic E-state index is 0.191. The highest BCUT2D eigenvalue weighted by Gasteiger charge is 2.53. The van der Waals surface area contributed by atoms with Gasteiger partial charge in [0.2, 0.25) is 0 Å². The van der Waals surface area contributed by atoms with Crippen molar-refractivity contribution in [2.24, 2.45) is 11.3 Å². The van der Waals surface area contributed by atoms with E-state index in [1.165, 1.54) is 57.9 Å². The SMILES string of the molecule is CC[C@@]12CCCCN3[C@H](COC(=O)c4ccc(Br)cc4)C[C@@H](CCC1)[C@H]32. The van der Waals surface area contributed by atoms with Crippen LogP contribution in [0.4, 0.5) is 0 Å². The third-order valence-electron chi connectivity index (χ3n) is 7.26. The van der Waals surface area contributed by atoms with Crippen molar-refractivity contribution in [3.8, 4) is 0 Å². The summed E-state index contributed by atoms with van der Waals surface area (Å²) < 4.78 is 6.74. The lowest BCUT2D eigenvalue weighted by Crippen LogP contribution is -2.50. The van der Waals surface area contributed by atoms with Crippen molar-refractivity contribution < 1.29 is 9.53 Å². The maximum atomic E-state index is 12.4. The fourth-order valence-corrected chi connectivity index (χ4v) is 6.30. The van der Waals surface area contributed by atoms with Crippen LogP contribution in [0, 0.1) is 11.3 Å². The molecule has 3 aliphatic rings. The zero-order valence-electron chi connectivity index (χ0n) is 15.8. The Hall–Kier alpha value is -0.870. The number of benzene rings is 1. The molecule has 2 saturated heterocycles. The second kappa shape index (κ2) is 7.63. The fraction of sp³-hybridized carbons (Fsp3) is 0.682. The van der Waals surface area contributed by atoms with Crippen LogP contribution >= 0.6 is 15.9 Å². The zero-order chi connectivity index (χ0) is 18.1. The van der Waals surface area contributed by atoms with Crippen LogP contribution in [0.1, 0.15) is 68.6 Å². The van der Waals surface area contributed by atoms with Crippen molar-refractivity contribution in [3.05, 3.63) is 34.3 Å². The van der Waals surface area contributed by atoms with Crippen molar-refractivity contribution in [2.45, 2.75) is 70.4 Å². The number of carbonyl (C=O) groups is 1. The van der Waals surface area contributed by atoms with Gasteiger partial charge in [0.1, 0.15) is 6.61 Å². The maximum absolute atomic E-state index is 12.4. The first-order chi connectivity index (χ1) is 12.6. The summed E-state index contributed by atoms with van der Waals surface area (Å²) in [6.45, 7) is 4.12. The number of hydrogen-bond donors (Lipinski definition) is 0. The largest absolute Gasteiger partial charge is 0.460 e. The van der Waals surface area contributed by atoms with E-state index in [0.717, 1.165) is 16.4 Å². The average Bonchev–Trinajstić information content (AvgIpc) is 2.89. The second-order valence-electron chi connectivity index (χ2n) is 8.50. The van der Waals surface area contributed by atoms with Gasteiger partial charge in [0.05, 0.1) is 5.56 Å². The highest BCUT2D eigenvalue weighted by molar-refractivity contribution is 9.10. The standard InChI is InChI=1S/C22H30BrNO2/c1-2-22-11-3-4-13-24-19(14-17(20(22)24)6-5-12-22)15-26-21(25)16-7-9-18(23)10-8-16/h7-10,17,19-20H,2-6,11-15H2,1H3/t17-,19+,20+,22-/m1/s1. The number of halogens is 1. The van der Waals surface area contributed by atoms with E-state index in [1.54, 1.807) is 0 Å². The van der Waals surface area contributed by atoms with Crippen LogP contribution in [0.15, 0.2) is 28.7 Å². The molecule has 1 saturated carbocycles. The molecule has 1 aromatic carbocycles. The molecule has 4 atom stereocenters. The highest BCUT2D eigenvalue weighted by Crippen LogP contribution is 2.54. The maximum Gasteiger partial charge on any atom is 0.338 e. The molecule has 1 aliphatic carbocycles. The zero-order valence-corrected chi connectivity index (χ0v) is 17.3. The van der Waals surface area contributed by atoms with Crippen LogP contribution in [0.5, 0.6) is 0 Å². The van der Waals surface area contributed by atoms with Gasteiger partial charge in [0, 0.05) is 16.6 Å². The molecule has 0 bridgehead atoms. The van der Waals surface area contributed by atoms with E-state index in [9.17, 15) is 4.79 Å². The van der Waals surface area contributed by atoms with Crippen molar-refractivity contribution >= 4 is 21.9 Å². The Morgan fingerprint density at radius 1 is 1.23 bits per heavy atom. The monoisotopic (exact) mass is 419 g/mol. The number of rotatable bonds is 4. The van der Waals surface area contributed by atoms with E-state index in [0.29, 0.717) is 23.6 Å². The number of ether oxygens (including phenoxy) is 1. The van der Waals surface area contributed by atoms with Crippen molar-refractivity contribution in [1.82, 2.24) is 4.90 Å². The van der Waals surface area contributed by atoms with Gasteiger partial charge < -0.3 is 4.74 Å². The first-order valence-electron chi connectivity index (χ1n) is 10.3. The van der Waals surface area contributed by atoms with Crippen LogP contribution in [-0.2, 0) is 4.74 Å². The van der Waals surface area contributed by atoms with Gasteiger partial charge in [-0.1, -0.05) is 35.7 Å². The third-order valence-corrected chi connectivity index (χ3v) is 7.79. The van der Waals surface area contributed by atoms with E-state index < -0.39 is 0 Å². The van der Waals surface area contributed by atoms with Gasteiger partial charge in [-0.15, -0.1) is 0 Å². The molecule has 142 valence electrons. The summed E-state index contributed by atoms with van der Waals surface area (Å²) in [5.41, 5.74) is 1.16. The summed E-state index contributed by atoms with van der Waals surface area (Å²) in [5, 5.41) is 0. The van der Waals surface area contributed by atoms with Crippen molar-refractivity contribution in [1.29, 1.82) is 0 Å². The summed E-state index contributed by atoms with van der Waals surface area (Å²) >= 11 is 3.41. The average molecular weight is 420 g/mol. The van der Waals surface area contributed by atoms with Crippen LogP contribution in [-0.4, -0.2) is 36.1 Å². The van der Waals surface area contributed by atoms with E-state index in [-0.39, 0.29) is 5.97 Å². The molecule has 0 unspecified atom stereocenters. The van der Waals surface area contributed by atoms with E-state index in [2.05, 4.69) is 27.8 Å². The van der Waals surface area contributed by atoms with Crippen LogP contribution in [0.2, 0.25) is 0 Å². The molecule has 3 nitrogen and oxygen atoms in total. The second-order valence-corrected chi connectivity index (χ2v) is 9.42. The van der Waals surface area contributed by atoms with Gasteiger partial charge in [-0.25, -0.2) is 4.79 Å². The van der Waals surface area contributed by atoms with E-state index >= 15 is 0 Å². The lowest BCUT2D eigenvalue weighted by atomic mass is 9.63. The molecule has 0 spiro atoms. The summed E-state index contributed by atoms with van der Waals surface area (Å²) in [4.78, 5) is 15.2. The van der Waals surface area contributed by atoms with E-state index in [1.807, 2.05) is 24.3 Å². The summed E-state index contributed by atoms with van der Waals surface area (Å²) in [7, 11) is 0. The molecule has 0 N–H and O–H groups in total. The van der Waals surface area contributed by atoms with Crippen LogP contribution < -0.4 is 0 Å². The minimum Gasteiger partial charge on any atom is -0.460 e. The fourth-order valence-electron chi connectivity index (χ4n) is 6.04. The minimum atomic E-state index is -0.191.